The van der Waals surface area contributed by atoms with Crippen molar-refractivity contribution in [1.82, 2.24) is 5.32 Å². The second-order valence-electron chi connectivity index (χ2n) is 4.08. The second-order valence-corrected chi connectivity index (χ2v) is 4.08. The minimum atomic E-state index is -0.0717. The smallest absolute Gasteiger partial charge is 0.0330 e. The standard InChI is InChI=1S/C11H26N2/c1-6-10(5,13-9-4)11(12,7-2)8-3/h13H,6-9,12H2,1-5H3. The van der Waals surface area contributed by atoms with Gasteiger partial charge in [0.1, 0.15) is 0 Å². The summed E-state index contributed by atoms with van der Waals surface area (Å²) in [7, 11) is 0. The number of rotatable bonds is 6. The number of hydrogen-bond acceptors (Lipinski definition) is 2. The van der Waals surface area contributed by atoms with E-state index in [1.54, 1.807) is 0 Å². The Morgan fingerprint density at radius 3 is 1.69 bits per heavy atom. The summed E-state index contributed by atoms with van der Waals surface area (Å²) in [5.41, 5.74) is 6.41. The minimum Gasteiger partial charge on any atom is -0.324 e. The Morgan fingerprint density at radius 1 is 1.00 bits per heavy atom. The van der Waals surface area contributed by atoms with Crippen molar-refractivity contribution in [2.45, 2.75) is 65.0 Å². The highest BCUT2D eigenvalue weighted by Crippen LogP contribution is 2.29. The summed E-state index contributed by atoms with van der Waals surface area (Å²) >= 11 is 0. The molecule has 80 valence electrons. The highest BCUT2D eigenvalue weighted by molar-refractivity contribution is 5.03. The molecule has 0 aromatic rings. The van der Waals surface area contributed by atoms with E-state index in [-0.39, 0.29) is 11.1 Å². The Morgan fingerprint density at radius 2 is 1.46 bits per heavy atom. The number of nitrogens with one attached hydrogen (secondary N) is 1. The quantitative estimate of drug-likeness (QED) is 0.668. The first-order valence-electron chi connectivity index (χ1n) is 5.53. The molecule has 0 aromatic carbocycles. The molecule has 2 nitrogen and oxygen atoms in total. The van der Waals surface area contributed by atoms with Gasteiger partial charge in [0.05, 0.1) is 0 Å². The molecule has 1 unspecified atom stereocenters. The van der Waals surface area contributed by atoms with Crippen molar-refractivity contribution in [2.24, 2.45) is 5.73 Å². The maximum Gasteiger partial charge on any atom is 0.0330 e. The molecule has 0 aliphatic carbocycles. The average molecular weight is 186 g/mol. The number of hydrogen-bond donors (Lipinski definition) is 2. The molecule has 0 fully saturated rings. The van der Waals surface area contributed by atoms with Crippen LogP contribution in [0.15, 0.2) is 0 Å². The first-order valence-corrected chi connectivity index (χ1v) is 5.53. The van der Waals surface area contributed by atoms with Crippen molar-refractivity contribution in [3.63, 3.8) is 0 Å². The Balaban J connectivity index is 4.68. The molecular formula is C11H26N2. The van der Waals surface area contributed by atoms with Crippen LogP contribution in [0.5, 0.6) is 0 Å². The fourth-order valence-electron chi connectivity index (χ4n) is 2.07. The Kier molecular flexibility index (Phi) is 4.93. The highest BCUT2D eigenvalue weighted by atomic mass is 15.0. The SMILES string of the molecule is CCNC(C)(CC)C(N)(CC)CC. The molecule has 0 aliphatic heterocycles. The van der Waals surface area contributed by atoms with Crippen LogP contribution in [0.1, 0.15) is 53.9 Å². The maximum absolute atomic E-state index is 6.41. The Bertz CT molecular complexity index is 141. The van der Waals surface area contributed by atoms with Crippen molar-refractivity contribution >= 4 is 0 Å². The molecular weight excluding hydrogens is 160 g/mol. The van der Waals surface area contributed by atoms with Crippen LogP contribution in [0, 0.1) is 0 Å². The van der Waals surface area contributed by atoms with Crippen LogP contribution in [0.2, 0.25) is 0 Å². The minimum absolute atomic E-state index is 0.0717. The molecule has 0 amide bonds. The van der Waals surface area contributed by atoms with Crippen molar-refractivity contribution in [3.8, 4) is 0 Å². The third-order valence-electron chi connectivity index (χ3n) is 3.63. The van der Waals surface area contributed by atoms with Gasteiger partial charge < -0.3 is 11.1 Å². The number of likely N-dealkylation sites (N-methyl/N-ethyl adjacent to an activating group) is 1. The molecule has 0 rings (SSSR count). The van der Waals surface area contributed by atoms with Gasteiger partial charge in [-0.3, -0.25) is 0 Å². The van der Waals surface area contributed by atoms with Gasteiger partial charge in [0.25, 0.3) is 0 Å². The number of nitrogens with two attached hydrogens (primary N) is 1. The van der Waals surface area contributed by atoms with Crippen molar-refractivity contribution in [3.05, 3.63) is 0 Å². The predicted molar refractivity (Wildman–Crippen MR) is 59.9 cm³/mol. The topological polar surface area (TPSA) is 38.0 Å². The molecule has 0 saturated heterocycles. The van der Waals surface area contributed by atoms with Crippen LogP contribution >= 0.6 is 0 Å². The lowest BCUT2D eigenvalue weighted by Crippen LogP contribution is -2.65. The van der Waals surface area contributed by atoms with Crippen molar-refractivity contribution in [2.75, 3.05) is 6.54 Å². The third-order valence-corrected chi connectivity index (χ3v) is 3.63. The molecule has 0 bridgehead atoms. The molecule has 1 atom stereocenters. The lowest BCUT2D eigenvalue weighted by atomic mass is 9.73. The van der Waals surface area contributed by atoms with E-state index in [1.165, 1.54) is 0 Å². The van der Waals surface area contributed by atoms with Crippen molar-refractivity contribution < 1.29 is 0 Å². The highest BCUT2D eigenvalue weighted by Gasteiger charge is 2.40. The largest absolute Gasteiger partial charge is 0.324 e. The normalized spacial score (nSPS) is 17.1. The molecule has 0 radical (unpaired) electrons. The van der Waals surface area contributed by atoms with E-state index in [4.69, 9.17) is 5.73 Å². The summed E-state index contributed by atoms with van der Waals surface area (Å²) in [6.45, 7) is 11.9. The fraction of sp³-hybridized carbons (Fsp3) is 1.00. The summed E-state index contributed by atoms with van der Waals surface area (Å²) in [5, 5.41) is 3.53. The van der Waals surface area contributed by atoms with E-state index in [1.807, 2.05) is 0 Å². The van der Waals surface area contributed by atoms with E-state index >= 15 is 0 Å². The van der Waals surface area contributed by atoms with Crippen LogP contribution in [-0.2, 0) is 0 Å². The molecule has 0 aromatic heterocycles. The monoisotopic (exact) mass is 186 g/mol. The first-order chi connectivity index (χ1) is 5.99. The zero-order valence-corrected chi connectivity index (χ0v) is 9.91. The van der Waals surface area contributed by atoms with E-state index in [0.29, 0.717) is 0 Å². The van der Waals surface area contributed by atoms with Gasteiger partial charge in [-0.25, -0.2) is 0 Å². The summed E-state index contributed by atoms with van der Waals surface area (Å²) in [6.07, 6.45) is 3.14. The molecule has 0 saturated carbocycles. The summed E-state index contributed by atoms with van der Waals surface area (Å²) < 4.78 is 0. The van der Waals surface area contributed by atoms with Gasteiger partial charge in [-0.05, 0) is 32.7 Å². The van der Waals surface area contributed by atoms with Gasteiger partial charge in [0, 0.05) is 11.1 Å². The zero-order chi connectivity index (χ0) is 10.5. The summed E-state index contributed by atoms with van der Waals surface area (Å²) in [5.74, 6) is 0. The Hall–Kier alpha value is -0.0800. The van der Waals surface area contributed by atoms with Crippen LogP contribution in [-0.4, -0.2) is 17.6 Å². The maximum atomic E-state index is 6.41. The van der Waals surface area contributed by atoms with E-state index in [9.17, 15) is 0 Å². The fourth-order valence-corrected chi connectivity index (χ4v) is 2.07. The molecule has 13 heavy (non-hydrogen) atoms. The van der Waals surface area contributed by atoms with E-state index < -0.39 is 0 Å². The van der Waals surface area contributed by atoms with Gasteiger partial charge >= 0.3 is 0 Å². The Labute approximate surface area is 83.3 Å². The van der Waals surface area contributed by atoms with E-state index in [2.05, 4.69) is 39.9 Å². The molecule has 0 aliphatic rings. The lowest BCUT2D eigenvalue weighted by Gasteiger charge is -2.46. The lowest BCUT2D eigenvalue weighted by molar-refractivity contribution is 0.169. The van der Waals surface area contributed by atoms with Gasteiger partial charge in [-0.2, -0.15) is 0 Å². The molecule has 3 N–H and O–H groups in total. The van der Waals surface area contributed by atoms with Crippen LogP contribution in [0.25, 0.3) is 0 Å². The van der Waals surface area contributed by atoms with E-state index in [0.717, 1.165) is 25.8 Å². The van der Waals surface area contributed by atoms with Crippen LogP contribution < -0.4 is 11.1 Å². The van der Waals surface area contributed by atoms with Crippen LogP contribution in [0.4, 0.5) is 0 Å². The van der Waals surface area contributed by atoms with Crippen molar-refractivity contribution in [1.29, 1.82) is 0 Å². The van der Waals surface area contributed by atoms with Gasteiger partial charge in [-0.15, -0.1) is 0 Å². The zero-order valence-electron chi connectivity index (χ0n) is 9.91. The summed E-state index contributed by atoms with van der Waals surface area (Å²) in [6, 6.07) is 0. The van der Waals surface area contributed by atoms with Gasteiger partial charge in [0.15, 0.2) is 0 Å². The second kappa shape index (κ2) is 4.97. The average Bonchev–Trinajstić information content (AvgIpc) is 2.16. The molecule has 0 spiro atoms. The van der Waals surface area contributed by atoms with Gasteiger partial charge in [0.2, 0.25) is 0 Å². The summed E-state index contributed by atoms with van der Waals surface area (Å²) in [4.78, 5) is 0. The molecule has 2 heteroatoms. The third kappa shape index (κ3) is 2.44. The first kappa shape index (κ1) is 12.9. The van der Waals surface area contributed by atoms with Crippen LogP contribution in [0.3, 0.4) is 0 Å². The molecule has 0 heterocycles. The predicted octanol–water partition coefficient (Wildman–Crippen LogP) is 2.28. The van der Waals surface area contributed by atoms with Gasteiger partial charge in [-0.1, -0.05) is 27.7 Å².